The van der Waals surface area contributed by atoms with Crippen LogP contribution in [0.2, 0.25) is 0 Å². The summed E-state index contributed by atoms with van der Waals surface area (Å²) >= 11 is 1.62. The first-order valence-electron chi connectivity index (χ1n) is 3.80. The third-order valence-corrected chi connectivity index (χ3v) is 2.82. The number of nitrogens with zero attached hydrogens (tertiary/aromatic N) is 1. The topological polar surface area (TPSA) is 23.2 Å². The molecule has 2 nitrogen and oxygen atoms in total. The number of hydrogen-bond donors (Lipinski definition) is 1. The van der Waals surface area contributed by atoms with Crippen molar-refractivity contribution in [3.05, 3.63) is 22.4 Å². The summed E-state index contributed by atoms with van der Waals surface area (Å²) in [6.07, 6.45) is -0.266. The average Bonchev–Trinajstić information content (AvgIpc) is 2.67. The Morgan fingerprint density at radius 2 is 2.45 bits per heavy atom. The maximum atomic E-state index is 9.59. The Kier molecular flexibility index (Phi) is 1.94. The second-order valence-corrected chi connectivity index (χ2v) is 3.81. The molecule has 0 aliphatic carbocycles. The average molecular weight is 169 g/mol. The summed E-state index contributed by atoms with van der Waals surface area (Å²) in [5.74, 6) is 0. The maximum Gasteiger partial charge on any atom is 0.101 e. The van der Waals surface area contributed by atoms with Crippen LogP contribution in [0.1, 0.15) is 11.0 Å². The van der Waals surface area contributed by atoms with Crippen LogP contribution in [0.25, 0.3) is 0 Å². The molecule has 2 heterocycles. The molecule has 3 heteroatoms. The van der Waals surface area contributed by atoms with Crippen LogP contribution in [0.15, 0.2) is 17.5 Å². The number of aliphatic hydroxyl groups is 1. The van der Waals surface area contributed by atoms with Gasteiger partial charge in [0.25, 0.3) is 0 Å². The predicted molar refractivity (Wildman–Crippen MR) is 45.7 cm³/mol. The van der Waals surface area contributed by atoms with E-state index in [1.54, 1.807) is 11.3 Å². The minimum absolute atomic E-state index is 0.266. The van der Waals surface area contributed by atoms with E-state index in [1.807, 2.05) is 17.5 Å². The fourth-order valence-corrected chi connectivity index (χ4v) is 1.77. The number of hydrogen-bond acceptors (Lipinski definition) is 3. The van der Waals surface area contributed by atoms with Crippen molar-refractivity contribution >= 4 is 11.3 Å². The van der Waals surface area contributed by atoms with Crippen molar-refractivity contribution in [2.24, 2.45) is 0 Å². The van der Waals surface area contributed by atoms with Gasteiger partial charge in [-0.3, -0.25) is 4.90 Å². The van der Waals surface area contributed by atoms with Gasteiger partial charge < -0.3 is 5.11 Å². The smallest absolute Gasteiger partial charge is 0.101 e. The highest BCUT2D eigenvalue weighted by molar-refractivity contribution is 7.10. The molecule has 2 rings (SSSR count). The van der Waals surface area contributed by atoms with Crippen LogP contribution in [-0.2, 0) is 0 Å². The highest BCUT2D eigenvalue weighted by Gasteiger charge is 2.21. The molecule has 0 spiro atoms. The van der Waals surface area contributed by atoms with Gasteiger partial charge in [0.05, 0.1) is 0 Å². The van der Waals surface area contributed by atoms with Crippen LogP contribution < -0.4 is 0 Å². The molecule has 1 atom stereocenters. The number of thiophene rings is 1. The van der Waals surface area contributed by atoms with E-state index in [0.29, 0.717) is 0 Å². The van der Waals surface area contributed by atoms with Gasteiger partial charge in [-0.1, -0.05) is 6.07 Å². The van der Waals surface area contributed by atoms with Crippen LogP contribution in [-0.4, -0.2) is 29.6 Å². The third-order valence-electron chi connectivity index (χ3n) is 1.84. The molecule has 0 bridgehead atoms. The van der Waals surface area contributed by atoms with Crippen LogP contribution in [0.5, 0.6) is 0 Å². The second-order valence-electron chi connectivity index (χ2n) is 2.83. The standard InChI is InChI=1S/C8H11NOS/c10-7(6-9-3-4-9)8-2-1-5-11-8/h1-2,5,7,10H,3-4,6H2. The quantitative estimate of drug-likeness (QED) is 0.685. The number of β-amino-alcohol motifs (C(OH)–C–C–N with tert-alkyl or cyclic N) is 1. The van der Waals surface area contributed by atoms with Crippen molar-refractivity contribution in [1.82, 2.24) is 4.90 Å². The summed E-state index contributed by atoms with van der Waals surface area (Å²) in [6.45, 7) is 3.12. The van der Waals surface area contributed by atoms with E-state index >= 15 is 0 Å². The zero-order chi connectivity index (χ0) is 7.68. The summed E-state index contributed by atoms with van der Waals surface area (Å²) < 4.78 is 0. The van der Waals surface area contributed by atoms with Gasteiger partial charge in [-0.25, -0.2) is 0 Å². The monoisotopic (exact) mass is 169 g/mol. The van der Waals surface area contributed by atoms with Gasteiger partial charge in [-0.05, 0) is 11.4 Å². The second kappa shape index (κ2) is 2.93. The van der Waals surface area contributed by atoms with Crippen LogP contribution in [0.4, 0.5) is 0 Å². The molecule has 0 aromatic carbocycles. The summed E-state index contributed by atoms with van der Waals surface area (Å²) in [5.41, 5.74) is 0. The maximum absolute atomic E-state index is 9.59. The van der Waals surface area contributed by atoms with Crippen molar-refractivity contribution in [2.45, 2.75) is 6.10 Å². The van der Waals surface area contributed by atoms with Gasteiger partial charge in [-0.2, -0.15) is 0 Å². The summed E-state index contributed by atoms with van der Waals surface area (Å²) in [4.78, 5) is 3.31. The molecule has 0 amide bonds. The number of aliphatic hydroxyl groups excluding tert-OH is 1. The van der Waals surface area contributed by atoms with E-state index in [0.717, 1.165) is 24.5 Å². The van der Waals surface area contributed by atoms with Gasteiger partial charge in [0.2, 0.25) is 0 Å². The SMILES string of the molecule is OC(CN1CC1)c1cccs1. The van der Waals surface area contributed by atoms with Crippen molar-refractivity contribution in [1.29, 1.82) is 0 Å². The lowest BCUT2D eigenvalue weighted by Crippen LogP contribution is -2.09. The van der Waals surface area contributed by atoms with E-state index in [9.17, 15) is 5.11 Å². The lowest BCUT2D eigenvalue weighted by atomic mass is 10.3. The summed E-state index contributed by atoms with van der Waals surface area (Å²) in [5, 5.41) is 11.6. The Balaban J connectivity index is 1.93. The zero-order valence-electron chi connectivity index (χ0n) is 6.23. The van der Waals surface area contributed by atoms with Gasteiger partial charge in [0, 0.05) is 24.5 Å². The molecule has 1 unspecified atom stereocenters. The highest BCUT2D eigenvalue weighted by Crippen LogP contribution is 2.21. The first kappa shape index (κ1) is 7.28. The third kappa shape index (κ3) is 1.80. The molecule has 1 aromatic rings. The highest BCUT2D eigenvalue weighted by atomic mass is 32.1. The van der Waals surface area contributed by atoms with Gasteiger partial charge in [-0.15, -0.1) is 11.3 Å². The van der Waals surface area contributed by atoms with Crippen molar-refractivity contribution in [2.75, 3.05) is 19.6 Å². The molecule has 1 saturated heterocycles. The Morgan fingerprint density at radius 1 is 1.64 bits per heavy atom. The van der Waals surface area contributed by atoms with Crippen molar-refractivity contribution < 1.29 is 5.11 Å². The summed E-state index contributed by atoms with van der Waals surface area (Å²) in [6, 6.07) is 3.96. The molecular formula is C8H11NOS. The van der Waals surface area contributed by atoms with Crippen molar-refractivity contribution in [3.63, 3.8) is 0 Å². The Labute approximate surface area is 70.1 Å². The lowest BCUT2D eigenvalue weighted by molar-refractivity contribution is 0.160. The van der Waals surface area contributed by atoms with Gasteiger partial charge in [0.1, 0.15) is 6.10 Å². The zero-order valence-corrected chi connectivity index (χ0v) is 7.05. The van der Waals surface area contributed by atoms with Crippen LogP contribution in [0, 0.1) is 0 Å². The Hall–Kier alpha value is -0.380. The molecule has 60 valence electrons. The minimum atomic E-state index is -0.266. The fraction of sp³-hybridized carbons (Fsp3) is 0.500. The summed E-state index contributed by atoms with van der Waals surface area (Å²) in [7, 11) is 0. The molecule has 1 aromatic heterocycles. The largest absolute Gasteiger partial charge is 0.386 e. The van der Waals surface area contributed by atoms with Crippen molar-refractivity contribution in [3.8, 4) is 0 Å². The first-order chi connectivity index (χ1) is 5.36. The molecule has 11 heavy (non-hydrogen) atoms. The predicted octanol–water partition coefficient (Wildman–Crippen LogP) is 1.10. The van der Waals surface area contributed by atoms with Gasteiger partial charge >= 0.3 is 0 Å². The molecule has 1 aliphatic rings. The Bertz CT molecular complexity index is 218. The normalized spacial score (nSPS) is 20.1. The fourth-order valence-electron chi connectivity index (χ4n) is 1.07. The molecular weight excluding hydrogens is 158 g/mol. The van der Waals surface area contributed by atoms with Crippen LogP contribution >= 0.6 is 11.3 Å². The van der Waals surface area contributed by atoms with E-state index < -0.39 is 0 Å². The molecule has 1 aliphatic heterocycles. The molecule has 0 radical (unpaired) electrons. The minimum Gasteiger partial charge on any atom is -0.386 e. The van der Waals surface area contributed by atoms with E-state index in [2.05, 4.69) is 4.90 Å². The molecule has 0 saturated carbocycles. The van der Waals surface area contributed by atoms with Crippen LogP contribution in [0.3, 0.4) is 0 Å². The van der Waals surface area contributed by atoms with E-state index in [1.165, 1.54) is 0 Å². The Morgan fingerprint density at radius 3 is 3.00 bits per heavy atom. The number of rotatable bonds is 3. The first-order valence-corrected chi connectivity index (χ1v) is 4.68. The van der Waals surface area contributed by atoms with E-state index in [4.69, 9.17) is 0 Å². The molecule has 1 fully saturated rings. The van der Waals surface area contributed by atoms with Gasteiger partial charge in [0.15, 0.2) is 0 Å². The molecule has 1 N–H and O–H groups in total. The van der Waals surface area contributed by atoms with E-state index in [-0.39, 0.29) is 6.10 Å². The lowest BCUT2D eigenvalue weighted by Gasteiger charge is -2.07.